The SMILES string of the molecule is CCOC(=O)c1[nH]ncc1C=CC(=O)c1cccc(C#N)c1. The van der Waals surface area contributed by atoms with Crippen molar-refractivity contribution in [3.05, 3.63) is 58.9 Å². The summed E-state index contributed by atoms with van der Waals surface area (Å²) in [5, 5.41) is 15.1. The van der Waals surface area contributed by atoms with Crippen LogP contribution in [0.2, 0.25) is 0 Å². The first kappa shape index (κ1) is 15.2. The molecular formula is C16H13N3O3. The number of aromatic amines is 1. The molecule has 22 heavy (non-hydrogen) atoms. The summed E-state index contributed by atoms with van der Waals surface area (Å²) in [5.41, 5.74) is 1.46. The van der Waals surface area contributed by atoms with Crippen molar-refractivity contribution in [3.8, 4) is 6.07 Å². The Morgan fingerprint density at radius 1 is 1.45 bits per heavy atom. The summed E-state index contributed by atoms with van der Waals surface area (Å²) < 4.78 is 4.88. The van der Waals surface area contributed by atoms with Crippen LogP contribution in [0.3, 0.4) is 0 Å². The fourth-order valence-corrected chi connectivity index (χ4v) is 1.79. The van der Waals surface area contributed by atoms with E-state index >= 15 is 0 Å². The van der Waals surface area contributed by atoms with Crippen LogP contribution in [0.25, 0.3) is 6.08 Å². The molecule has 0 aliphatic rings. The quantitative estimate of drug-likeness (QED) is 0.519. The van der Waals surface area contributed by atoms with Crippen molar-refractivity contribution in [2.45, 2.75) is 6.92 Å². The summed E-state index contributed by atoms with van der Waals surface area (Å²) in [7, 11) is 0. The number of nitrogens with zero attached hydrogens (tertiary/aromatic N) is 2. The molecule has 1 aromatic carbocycles. The third-order valence-electron chi connectivity index (χ3n) is 2.84. The van der Waals surface area contributed by atoms with Crippen molar-refractivity contribution in [1.82, 2.24) is 10.2 Å². The Morgan fingerprint density at radius 3 is 3.00 bits per heavy atom. The molecular weight excluding hydrogens is 282 g/mol. The lowest BCUT2D eigenvalue weighted by atomic mass is 10.1. The average molecular weight is 295 g/mol. The summed E-state index contributed by atoms with van der Waals surface area (Å²) in [6.07, 6.45) is 4.24. The third kappa shape index (κ3) is 3.46. The molecule has 2 rings (SSSR count). The molecule has 0 aliphatic carbocycles. The first-order valence-corrected chi connectivity index (χ1v) is 6.58. The van der Waals surface area contributed by atoms with Crippen LogP contribution in [0.1, 0.15) is 38.9 Å². The van der Waals surface area contributed by atoms with E-state index in [1.165, 1.54) is 24.4 Å². The van der Waals surface area contributed by atoms with Gasteiger partial charge in [0.15, 0.2) is 11.5 Å². The minimum atomic E-state index is -0.529. The molecule has 1 heterocycles. The number of rotatable bonds is 5. The van der Waals surface area contributed by atoms with Crippen LogP contribution in [0.4, 0.5) is 0 Å². The molecule has 0 bridgehead atoms. The Balaban J connectivity index is 2.18. The van der Waals surface area contributed by atoms with E-state index in [0.717, 1.165) is 0 Å². The van der Waals surface area contributed by atoms with Gasteiger partial charge in [-0.1, -0.05) is 12.1 Å². The molecule has 6 heteroatoms. The Labute approximate surface area is 127 Å². The summed E-state index contributed by atoms with van der Waals surface area (Å²) in [5.74, 6) is -0.799. The van der Waals surface area contributed by atoms with Crippen LogP contribution >= 0.6 is 0 Å². The van der Waals surface area contributed by atoms with E-state index in [4.69, 9.17) is 10.00 Å². The number of carbonyl (C=O) groups is 2. The molecule has 0 spiro atoms. The highest BCUT2D eigenvalue weighted by Gasteiger charge is 2.13. The maximum atomic E-state index is 12.1. The van der Waals surface area contributed by atoms with Crippen molar-refractivity contribution in [1.29, 1.82) is 5.26 Å². The largest absolute Gasteiger partial charge is 0.461 e. The second-order valence-electron chi connectivity index (χ2n) is 4.31. The van der Waals surface area contributed by atoms with E-state index in [-0.39, 0.29) is 18.1 Å². The fraction of sp³-hybridized carbons (Fsp3) is 0.125. The zero-order chi connectivity index (χ0) is 15.9. The number of aromatic nitrogens is 2. The molecule has 0 fully saturated rings. The lowest BCUT2D eigenvalue weighted by Gasteiger charge is -1.99. The van der Waals surface area contributed by atoms with E-state index < -0.39 is 5.97 Å². The first-order valence-electron chi connectivity index (χ1n) is 6.58. The summed E-state index contributed by atoms with van der Waals surface area (Å²) >= 11 is 0. The second-order valence-corrected chi connectivity index (χ2v) is 4.31. The number of H-pyrrole nitrogens is 1. The Kier molecular flexibility index (Phi) is 4.83. The predicted molar refractivity (Wildman–Crippen MR) is 79.1 cm³/mol. The lowest BCUT2D eigenvalue weighted by Crippen LogP contribution is -2.06. The molecule has 0 aliphatic heterocycles. The highest BCUT2D eigenvalue weighted by molar-refractivity contribution is 6.07. The van der Waals surface area contributed by atoms with E-state index in [1.807, 2.05) is 6.07 Å². The molecule has 0 saturated carbocycles. The van der Waals surface area contributed by atoms with E-state index in [1.54, 1.807) is 25.1 Å². The lowest BCUT2D eigenvalue weighted by molar-refractivity contribution is 0.0519. The van der Waals surface area contributed by atoms with E-state index in [0.29, 0.717) is 16.7 Å². The van der Waals surface area contributed by atoms with Gasteiger partial charge in [0.25, 0.3) is 0 Å². The van der Waals surface area contributed by atoms with Crippen LogP contribution in [0, 0.1) is 11.3 Å². The molecule has 0 atom stereocenters. The highest BCUT2D eigenvalue weighted by atomic mass is 16.5. The molecule has 0 amide bonds. The van der Waals surface area contributed by atoms with E-state index in [2.05, 4.69) is 10.2 Å². The molecule has 2 aromatic rings. The monoisotopic (exact) mass is 295 g/mol. The zero-order valence-electron chi connectivity index (χ0n) is 11.9. The van der Waals surface area contributed by atoms with Crippen molar-refractivity contribution >= 4 is 17.8 Å². The Morgan fingerprint density at radius 2 is 2.27 bits per heavy atom. The molecule has 1 N–H and O–H groups in total. The zero-order valence-corrected chi connectivity index (χ0v) is 11.9. The highest BCUT2D eigenvalue weighted by Crippen LogP contribution is 2.11. The average Bonchev–Trinajstić information content (AvgIpc) is 3.01. The maximum Gasteiger partial charge on any atom is 0.356 e. The van der Waals surface area contributed by atoms with Crippen LogP contribution < -0.4 is 0 Å². The van der Waals surface area contributed by atoms with Gasteiger partial charge >= 0.3 is 5.97 Å². The Bertz CT molecular complexity index is 769. The number of benzene rings is 1. The van der Waals surface area contributed by atoms with E-state index in [9.17, 15) is 9.59 Å². The van der Waals surface area contributed by atoms with Crippen LogP contribution in [-0.2, 0) is 4.74 Å². The fourth-order valence-electron chi connectivity index (χ4n) is 1.79. The number of ketones is 1. The van der Waals surface area contributed by atoms with Gasteiger partial charge in [0.2, 0.25) is 0 Å². The van der Waals surface area contributed by atoms with Gasteiger partial charge in [0.05, 0.1) is 24.4 Å². The van der Waals surface area contributed by atoms with Gasteiger partial charge in [-0.2, -0.15) is 10.4 Å². The number of allylic oxidation sites excluding steroid dienone is 1. The van der Waals surface area contributed by atoms with Crippen molar-refractivity contribution < 1.29 is 14.3 Å². The minimum Gasteiger partial charge on any atom is -0.461 e. The molecule has 6 nitrogen and oxygen atoms in total. The maximum absolute atomic E-state index is 12.1. The smallest absolute Gasteiger partial charge is 0.356 e. The molecule has 1 aromatic heterocycles. The summed E-state index contributed by atoms with van der Waals surface area (Å²) in [6, 6.07) is 8.37. The van der Waals surface area contributed by atoms with Crippen molar-refractivity contribution in [2.24, 2.45) is 0 Å². The van der Waals surface area contributed by atoms with Gasteiger partial charge in [-0.25, -0.2) is 4.79 Å². The number of esters is 1. The Hall–Kier alpha value is -3.20. The standard InChI is InChI=1S/C16H13N3O3/c1-2-22-16(21)15-13(10-18-19-15)6-7-14(20)12-5-3-4-11(8-12)9-17/h3-8,10H,2H2,1H3,(H,18,19). The number of nitrogens with one attached hydrogen (secondary N) is 1. The molecule has 0 saturated heterocycles. The normalized spacial score (nSPS) is 10.4. The van der Waals surface area contributed by atoms with Crippen molar-refractivity contribution in [2.75, 3.05) is 6.61 Å². The summed E-state index contributed by atoms with van der Waals surface area (Å²) in [6.45, 7) is 1.95. The topological polar surface area (TPSA) is 95.8 Å². The van der Waals surface area contributed by atoms with Gasteiger partial charge in [-0.05, 0) is 31.2 Å². The van der Waals surface area contributed by atoms with Gasteiger partial charge in [-0.15, -0.1) is 0 Å². The molecule has 110 valence electrons. The molecule has 0 unspecified atom stereocenters. The number of hydrogen-bond donors (Lipinski definition) is 1. The third-order valence-corrected chi connectivity index (χ3v) is 2.84. The van der Waals surface area contributed by atoms with Crippen molar-refractivity contribution in [3.63, 3.8) is 0 Å². The molecule has 0 radical (unpaired) electrons. The summed E-state index contributed by atoms with van der Waals surface area (Å²) in [4.78, 5) is 23.7. The first-order chi connectivity index (χ1) is 10.7. The number of nitriles is 1. The van der Waals surface area contributed by atoms with Gasteiger partial charge < -0.3 is 4.74 Å². The minimum absolute atomic E-state index is 0.191. The van der Waals surface area contributed by atoms with Crippen LogP contribution in [0.15, 0.2) is 36.5 Å². The number of carbonyl (C=O) groups excluding carboxylic acids is 2. The predicted octanol–water partition coefficient (Wildman–Crippen LogP) is 2.35. The van der Waals surface area contributed by atoms with Crippen LogP contribution in [-0.4, -0.2) is 28.6 Å². The van der Waals surface area contributed by atoms with Gasteiger partial charge in [0, 0.05) is 11.1 Å². The van der Waals surface area contributed by atoms with Gasteiger partial charge in [0.1, 0.15) is 0 Å². The second kappa shape index (κ2) is 6.99. The number of ether oxygens (including phenoxy) is 1. The van der Waals surface area contributed by atoms with Gasteiger partial charge in [-0.3, -0.25) is 9.89 Å². The van der Waals surface area contributed by atoms with Crippen LogP contribution in [0.5, 0.6) is 0 Å². The number of hydrogen-bond acceptors (Lipinski definition) is 5.